The van der Waals surface area contributed by atoms with Crippen molar-refractivity contribution in [1.82, 2.24) is 19.7 Å². The van der Waals surface area contributed by atoms with Crippen LogP contribution in [0.5, 0.6) is 0 Å². The molecule has 0 atom stereocenters. The standard InChI is InChI=1S/C14H14N4S/c1-10-6-11-4-3-5-15-13(11)12(7-10)8-19-14-17-16-9-18(14)2/h3-7,9H,8H2,1-2H3. The maximum Gasteiger partial charge on any atom is 0.191 e. The lowest BCUT2D eigenvalue weighted by Gasteiger charge is -2.07. The van der Waals surface area contributed by atoms with Crippen molar-refractivity contribution in [3.05, 3.63) is 47.9 Å². The highest BCUT2D eigenvalue weighted by atomic mass is 32.2. The number of hydrogen-bond acceptors (Lipinski definition) is 4. The summed E-state index contributed by atoms with van der Waals surface area (Å²) in [6, 6.07) is 8.44. The van der Waals surface area contributed by atoms with E-state index in [4.69, 9.17) is 0 Å². The van der Waals surface area contributed by atoms with Gasteiger partial charge in [-0.05, 0) is 24.6 Å². The molecule has 3 rings (SSSR count). The Balaban J connectivity index is 1.94. The summed E-state index contributed by atoms with van der Waals surface area (Å²) < 4.78 is 1.93. The highest BCUT2D eigenvalue weighted by Gasteiger charge is 2.07. The molecule has 2 aromatic heterocycles. The van der Waals surface area contributed by atoms with Crippen LogP contribution < -0.4 is 0 Å². The summed E-state index contributed by atoms with van der Waals surface area (Å²) in [4.78, 5) is 4.49. The van der Waals surface area contributed by atoms with Crippen LogP contribution in [0.25, 0.3) is 10.9 Å². The molecule has 0 amide bonds. The average molecular weight is 270 g/mol. The zero-order valence-corrected chi connectivity index (χ0v) is 11.7. The second-order valence-electron chi connectivity index (χ2n) is 4.51. The molecule has 19 heavy (non-hydrogen) atoms. The Hall–Kier alpha value is -1.88. The van der Waals surface area contributed by atoms with E-state index in [9.17, 15) is 0 Å². The summed E-state index contributed by atoms with van der Waals surface area (Å²) >= 11 is 1.68. The largest absolute Gasteiger partial charge is 0.312 e. The normalized spacial score (nSPS) is 11.1. The van der Waals surface area contributed by atoms with E-state index in [2.05, 4.69) is 40.3 Å². The highest BCUT2D eigenvalue weighted by molar-refractivity contribution is 7.98. The van der Waals surface area contributed by atoms with Crippen LogP contribution in [0.3, 0.4) is 0 Å². The predicted octanol–water partition coefficient (Wildman–Crippen LogP) is 2.96. The molecule has 0 radical (unpaired) electrons. The van der Waals surface area contributed by atoms with Crippen LogP contribution in [0, 0.1) is 6.92 Å². The molecule has 3 aromatic rings. The predicted molar refractivity (Wildman–Crippen MR) is 77.0 cm³/mol. The molecule has 0 aliphatic carbocycles. The third kappa shape index (κ3) is 2.46. The lowest BCUT2D eigenvalue weighted by Crippen LogP contribution is -1.92. The summed E-state index contributed by atoms with van der Waals surface area (Å²) in [5, 5.41) is 10.1. The van der Waals surface area contributed by atoms with Gasteiger partial charge in [-0.25, -0.2) is 0 Å². The molecule has 4 nitrogen and oxygen atoms in total. The van der Waals surface area contributed by atoms with Crippen LogP contribution in [-0.2, 0) is 12.8 Å². The Bertz CT molecular complexity index is 720. The molecule has 2 heterocycles. The van der Waals surface area contributed by atoms with Gasteiger partial charge in [0.05, 0.1) is 5.52 Å². The Labute approximate surface area is 115 Å². The zero-order chi connectivity index (χ0) is 13.2. The van der Waals surface area contributed by atoms with Crippen LogP contribution in [0.1, 0.15) is 11.1 Å². The maximum atomic E-state index is 4.49. The van der Waals surface area contributed by atoms with Crippen molar-refractivity contribution in [3.63, 3.8) is 0 Å². The number of rotatable bonds is 3. The summed E-state index contributed by atoms with van der Waals surface area (Å²) in [7, 11) is 1.95. The lowest BCUT2D eigenvalue weighted by molar-refractivity contribution is 0.788. The summed E-state index contributed by atoms with van der Waals surface area (Å²) in [6.45, 7) is 2.11. The molecule has 0 spiro atoms. The molecule has 96 valence electrons. The summed E-state index contributed by atoms with van der Waals surface area (Å²) in [6.07, 6.45) is 3.56. The fourth-order valence-corrected chi connectivity index (χ4v) is 2.95. The van der Waals surface area contributed by atoms with Crippen LogP contribution in [0.4, 0.5) is 0 Å². The molecule has 1 aromatic carbocycles. The molecule has 0 aliphatic heterocycles. The lowest BCUT2D eigenvalue weighted by atomic mass is 10.1. The van der Waals surface area contributed by atoms with Crippen molar-refractivity contribution in [2.75, 3.05) is 0 Å². The quantitative estimate of drug-likeness (QED) is 0.686. The van der Waals surface area contributed by atoms with Gasteiger partial charge in [0.25, 0.3) is 0 Å². The van der Waals surface area contributed by atoms with Crippen molar-refractivity contribution in [2.45, 2.75) is 17.8 Å². The van der Waals surface area contributed by atoms with Gasteiger partial charge in [0, 0.05) is 24.4 Å². The smallest absolute Gasteiger partial charge is 0.191 e. The molecular formula is C14H14N4S. The minimum Gasteiger partial charge on any atom is -0.312 e. The molecule has 0 saturated carbocycles. The van der Waals surface area contributed by atoms with E-state index in [-0.39, 0.29) is 0 Å². The Morgan fingerprint density at radius 3 is 3.00 bits per heavy atom. The molecule has 5 heteroatoms. The van der Waals surface area contributed by atoms with Gasteiger partial charge in [-0.2, -0.15) is 0 Å². The van der Waals surface area contributed by atoms with Crippen LogP contribution in [0.15, 0.2) is 41.9 Å². The number of pyridine rings is 1. The first kappa shape index (κ1) is 12.2. The second-order valence-corrected chi connectivity index (χ2v) is 5.45. The van der Waals surface area contributed by atoms with Gasteiger partial charge in [-0.1, -0.05) is 29.5 Å². The van der Waals surface area contributed by atoms with Gasteiger partial charge in [0.1, 0.15) is 6.33 Å². The number of benzene rings is 1. The van der Waals surface area contributed by atoms with Gasteiger partial charge in [0.15, 0.2) is 5.16 Å². The number of hydrogen-bond donors (Lipinski definition) is 0. The number of nitrogens with zero attached hydrogens (tertiary/aromatic N) is 4. The van der Waals surface area contributed by atoms with Crippen molar-refractivity contribution >= 4 is 22.7 Å². The Kier molecular flexibility index (Phi) is 3.21. The number of aryl methyl sites for hydroxylation is 2. The molecule has 0 N–H and O–H groups in total. The van der Waals surface area contributed by atoms with E-state index in [0.29, 0.717) is 0 Å². The monoisotopic (exact) mass is 270 g/mol. The van der Waals surface area contributed by atoms with Gasteiger partial charge in [-0.3, -0.25) is 4.98 Å². The first-order valence-electron chi connectivity index (χ1n) is 6.05. The molecule has 0 fully saturated rings. The first-order chi connectivity index (χ1) is 9.24. The Morgan fingerprint density at radius 2 is 2.21 bits per heavy atom. The van der Waals surface area contributed by atoms with Gasteiger partial charge < -0.3 is 4.57 Å². The topological polar surface area (TPSA) is 43.6 Å². The minimum absolute atomic E-state index is 0.849. The van der Waals surface area contributed by atoms with Crippen LogP contribution in [0.2, 0.25) is 0 Å². The van der Waals surface area contributed by atoms with E-state index in [1.54, 1.807) is 18.1 Å². The third-order valence-electron chi connectivity index (χ3n) is 2.95. The van der Waals surface area contributed by atoms with Gasteiger partial charge in [-0.15, -0.1) is 10.2 Å². The molecule has 0 saturated heterocycles. The Morgan fingerprint density at radius 1 is 1.32 bits per heavy atom. The van der Waals surface area contributed by atoms with E-state index >= 15 is 0 Å². The van der Waals surface area contributed by atoms with Gasteiger partial charge in [0.2, 0.25) is 0 Å². The number of fused-ring (bicyclic) bond motifs is 1. The van der Waals surface area contributed by atoms with Crippen molar-refractivity contribution in [1.29, 1.82) is 0 Å². The number of thioether (sulfide) groups is 1. The molecule has 0 aliphatic rings. The van der Waals surface area contributed by atoms with E-state index in [1.165, 1.54) is 16.5 Å². The minimum atomic E-state index is 0.849. The fourth-order valence-electron chi connectivity index (χ4n) is 2.09. The second kappa shape index (κ2) is 5.01. The van der Waals surface area contributed by atoms with Crippen LogP contribution >= 0.6 is 11.8 Å². The SMILES string of the molecule is Cc1cc(CSc2nncn2C)c2ncccc2c1. The average Bonchev–Trinajstić information content (AvgIpc) is 2.81. The van der Waals surface area contributed by atoms with E-state index < -0.39 is 0 Å². The molecule has 0 unspecified atom stereocenters. The molecule has 0 bridgehead atoms. The highest BCUT2D eigenvalue weighted by Crippen LogP contribution is 2.25. The van der Waals surface area contributed by atoms with E-state index in [1.807, 2.05) is 23.9 Å². The summed E-state index contributed by atoms with van der Waals surface area (Å²) in [5.74, 6) is 0.849. The third-order valence-corrected chi connectivity index (χ3v) is 4.04. The fraction of sp³-hybridized carbons (Fsp3) is 0.214. The van der Waals surface area contributed by atoms with Gasteiger partial charge >= 0.3 is 0 Å². The van der Waals surface area contributed by atoms with Crippen molar-refractivity contribution in [3.8, 4) is 0 Å². The number of aromatic nitrogens is 4. The van der Waals surface area contributed by atoms with E-state index in [0.717, 1.165) is 16.4 Å². The summed E-state index contributed by atoms with van der Waals surface area (Å²) in [5.41, 5.74) is 3.57. The van der Waals surface area contributed by atoms with Crippen LogP contribution in [-0.4, -0.2) is 19.7 Å². The molecular weight excluding hydrogens is 256 g/mol. The van der Waals surface area contributed by atoms with Crippen molar-refractivity contribution in [2.24, 2.45) is 7.05 Å². The van der Waals surface area contributed by atoms with Crippen molar-refractivity contribution < 1.29 is 0 Å². The maximum absolute atomic E-state index is 4.49. The zero-order valence-electron chi connectivity index (χ0n) is 10.9. The first-order valence-corrected chi connectivity index (χ1v) is 7.03.